The average Bonchev–Trinajstić information content (AvgIpc) is 2.26. The van der Waals surface area contributed by atoms with Crippen LogP contribution < -0.4 is 5.32 Å². The molecule has 0 aromatic carbocycles. The summed E-state index contributed by atoms with van der Waals surface area (Å²) in [6.07, 6.45) is 0. The van der Waals surface area contributed by atoms with E-state index in [-0.39, 0.29) is 17.3 Å². The molecule has 0 bridgehead atoms. The van der Waals surface area contributed by atoms with Gasteiger partial charge in [-0.1, -0.05) is 11.6 Å². The molecule has 1 rings (SSSR count). The van der Waals surface area contributed by atoms with Crippen LogP contribution in [0.5, 0.6) is 0 Å². The van der Waals surface area contributed by atoms with Crippen LogP contribution in [-0.4, -0.2) is 41.7 Å². The van der Waals surface area contributed by atoms with Crippen LogP contribution in [0.1, 0.15) is 16.1 Å². The molecule has 0 aliphatic carbocycles. The maximum Gasteiger partial charge on any atom is 0.328 e. The van der Waals surface area contributed by atoms with Gasteiger partial charge in [0.05, 0.1) is 6.61 Å². The summed E-state index contributed by atoms with van der Waals surface area (Å²) in [5, 5.41) is 11.4. The van der Waals surface area contributed by atoms with Gasteiger partial charge in [0.2, 0.25) is 0 Å². The van der Waals surface area contributed by atoms with Crippen LogP contribution >= 0.6 is 11.6 Å². The van der Waals surface area contributed by atoms with Crippen molar-refractivity contribution in [2.24, 2.45) is 0 Å². The van der Waals surface area contributed by atoms with E-state index in [1.165, 1.54) is 19.2 Å². The van der Waals surface area contributed by atoms with E-state index in [1.54, 1.807) is 6.92 Å². The number of ether oxygens (including phenoxy) is 1. The van der Waals surface area contributed by atoms with E-state index in [1.807, 2.05) is 0 Å². The van der Waals surface area contributed by atoms with Crippen molar-refractivity contribution in [2.45, 2.75) is 13.0 Å². The average molecular weight is 273 g/mol. The van der Waals surface area contributed by atoms with Crippen LogP contribution in [0.25, 0.3) is 0 Å². The molecule has 1 unspecified atom stereocenters. The Bertz CT molecular complexity index is 444. The molecule has 1 atom stereocenters. The van der Waals surface area contributed by atoms with Crippen molar-refractivity contribution in [3.05, 3.63) is 28.5 Å². The Kier molecular flexibility index (Phi) is 5.06. The van der Waals surface area contributed by atoms with Crippen LogP contribution in [0.3, 0.4) is 0 Å². The lowest BCUT2D eigenvalue weighted by Gasteiger charge is -2.13. The number of carboxylic acids is 1. The predicted molar refractivity (Wildman–Crippen MR) is 64.8 cm³/mol. The van der Waals surface area contributed by atoms with E-state index < -0.39 is 17.9 Å². The molecule has 0 spiro atoms. The Morgan fingerprint density at radius 1 is 1.56 bits per heavy atom. The number of aliphatic carboxylic acids is 1. The zero-order valence-electron chi connectivity index (χ0n) is 9.94. The van der Waals surface area contributed by atoms with E-state index in [0.29, 0.717) is 5.69 Å². The van der Waals surface area contributed by atoms with Gasteiger partial charge in [0.15, 0.2) is 6.04 Å². The van der Waals surface area contributed by atoms with E-state index in [9.17, 15) is 9.59 Å². The standard InChI is InChI=1S/C11H13ClN2O4/c1-6-3-7(4-9(12)13-6)10(15)14-8(5-18-2)11(16)17/h3-4,8H,5H2,1-2H3,(H,14,15)(H,16,17). The Balaban J connectivity index is 2.83. The highest BCUT2D eigenvalue weighted by Gasteiger charge is 2.20. The number of aromatic nitrogens is 1. The molecule has 0 saturated heterocycles. The molecule has 0 fully saturated rings. The maximum absolute atomic E-state index is 11.8. The fourth-order valence-electron chi connectivity index (χ4n) is 1.34. The SMILES string of the molecule is COCC(NC(=O)c1cc(C)nc(Cl)c1)C(=O)O. The number of hydrogen-bond acceptors (Lipinski definition) is 4. The first-order valence-electron chi connectivity index (χ1n) is 5.11. The summed E-state index contributed by atoms with van der Waals surface area (Å²) in [6, 6.07) is 1.79. The first kappa shape index (κ1) is 14.4. The summed E-state index contributed by atoms with van der Waals surface area (Å²) in [5.74, 6) is -1.70. The molecule has 1 amide bonds. The molecule has 0 aliphatic rings. The topological polar surface area (TPSA) is 88.5 Å². The lowest BCUT2D eigenvalue weighted by atomic mass is 10.2. The normalized spacial score (nSPS) is 11.9. The number of rotatable bonds is 5. The summed E-state index contributed by atoms with van der Waals surface area (Å²) in [4.78, 5) is 26.6. The van der Waals surface area contributed by atoms with Crippen molar-refractivity contribution in [1.82, 2.24) is 10.3 Å². The third-order valence-electron chi connectivity index (χ3n) is 2.12. The Morgan fingerprint density at radius 3 is 2.72 bits per heavy atom. The first-order chi connectivity index (χ1) is 8.43. The van der Waals surface area contributed by atoms with Gasteiger partial charge < -0.3 is 15.2 Å². The highest BCUT2D eigenvalue weighted by Crippen LogP contribution is 2.10. The van der Waals surface area contributed by atoms with E-state index in [2.05, 4.69) is 10.3 Å². The van der Waals surface area contributed by atoms with E-state index >= 15 is 0 Å². The smallest absolute Gasteiger partial charge is 0.328 e. The minimum Gasteiger partial charge on any atom is -0.480 e. The Morgan fingerprint density at radius 2 is 2.22 bits per heavy atom. The number of methoxy groups -OCH3 is 1. The number of pyridine rings is 1. The first-order valence-corrected chi connectivity index (χ1v) is 5.48. The second kappa shape index (κ2) is 6.32. The van der Waals surface area contributed by atoms with Gasteiger partial charge in [-0.3, -0.25) is 4.79 Å². The fraction of sp³-hybridized carbons (Fsp3) is 0.364. The molecule has 6 nitrogen and oxygen atoms in total. The summed E-state index contributed by atoms with van der Waals surface area (Å²) < 4.78 is 4.72. The lowest BCUT2D eigenvalue weighted by Crippen LogP contribution is -2.43. The van der Waals surface area contributed by atoms with Gasteiger partial charge >= 0.3 is 5.97 Å². The summed E-state index contributed by atoms with van der Waals surface area (Å²) in [5.41, 5.74) is 0.834. The van der Waals surface area contributed by atoms with Crippen molar-refractivity contribution >= 4 is 23.5 Å². The molecule has 98 valence electrons. The van der Waals surface area contributed by atoms with Gasteiger partial charge in [0.1, 0.15) is 5.15 Å². The van der Waals surface area contributed by atoms with Crippen molar-refractivity contribution in [2.75, 3.05) is 13.7 Å². The largest absolute Gasteiger partial charge is 0.480 e. The monoisotopic (exact) mass is 272 g/mol. The summed E-state index contributed by atoms with van der Waals surface area (Å²) in [6.45, 7) is 1.57. The van der Waals surface area contributed by atoms with Crippen LogP contribution in [-0.2, 0) is 9.53 Å². The van der Waals surface area contributed by atoms with Crippen LogP contribution in [0, 0.1) is 6.92 Å². The van der Waals surface area contributed by atoms with Crippen LogP contribution in [0.15, 0.2) is 12.1 Å². The molecule has 1 aromatic heterocycles. The Labute approximate surface area is 109 Å². The number of hydrogen-bond donors (Lipinski definition) is 2. The number of nitrogens with one attached hydrogen (secondary N) is 1. The molecule has 2 N–H and O–H groups in total. The third-order valence-corrected chi connectivity index (χ3v) is 2.31. The summed E-state index contributed by atoms with van der Waals surface area (Å²) in [7, 11) is 1.36. The fourth-order valence-corrected chi connectivity index (χ4v) is 1.59. The maximum atomic E-state index is 11.8. The van der Waals surface area contributed by atoms with E-state index in [4.69, 9.17) is 21.4 Å². The van der Waals surface area contributed by atoms with Gasteiger partial charge in [0.25, 0.3) is 5.91 Å². The van der Waals surface area contributed by atoms with Crippen molar-refractivity contribution in [3.63, 3.8) is 0 Å². The molecule has 0 radical (unpaired) electrons. The minimum absolute atomic E-state index is 0.112. The highest BCUT2D eigenvalue weighted by atomic mass is 35.5. The third kappa shape index (κ3) is 3.97. The lowest BCUT2D eigenvalue weighted by molar-refractivity contribution is -0.140. The number of carbonyl (C=O) groups is 2. The molecule has 0 aliphatic heterocycles. The van der Waals surface area contributed by atoms with Gasteiger partial charge in [-0.15, -0.1) is 0 Å². The number of nitrogens with zero attached hydrogens (tertiary/aromatic N) is 1. The zero-order chi connectivity index (χ0) is 13.7. The van der Waals surface area contributed by atoms with Gasteiger partial charge in [0, 0.05) is 18.4 Å². The molecule has 18 heavy (non-hydrogen) atoms. The summed E-state index contributed by atoms with van der Waals surface area (Å²) >= 11 is 5.72. The number of aryl methyl sites for hydroxylation is 1. The molecule has 7 heteroatoms. The number of amides is 1. The minimum atomic E-state index is -1.16. The number of halogens is 1. The number of carboxylic acid groups (broad SMARTS) is 1. The predicted octanol–water partition coefficient (Wildman–Crippen LogP) is 0.873. The molecule has 1 heterocycles. The second-order valence-electron chi connectivity index (χ2n) is 3.64. The van der Waals surface area contributed by atoms with Crippen molar-refractivity contribution < 1.29 is 19.4 Å². The highest BCUT2D eigenvalue weighted by molar-refractivity contribution is 6.29. The number of carbonyl (C=O) groups excluding carboxylic acids is 1. The Hall–Kier alpha value is -1.66. The van der Waals surface area contributed by atoms with Crippen LogP contribution in [0.2, 0.25) is 5.15 Å². The molecular formula is C11H13ClN2O4. The van der Waals surface area contributed by atoms with Gasteiger partial charge in [-0.25, -0.2) is 9.78 Å². The van der Waals surface area contributed by atoms with Gasteiger partial charge in [-0.2, -0.15) is 0 Å². The van der Waals surface area contributed by atoms with Crippen LogP contribution in [0.4, 0.5) is 0 Å². The van der Waals surface area contributed by atoms with Crippen molar-refractivity contribution in [3.8, 4) is 0 Å². The molecule has 0 saturated carbocycles. The second-order valence-corrected chi connectivity index (χ2v) is 4.03. The molecule has 1 aromatic rings. The molecular weight excluding hydrogens is 260 g/mol. The zero-order valence-corrected chi connectivity index (χ0v) is 10.7. The van der Waals surface area contributed by atoms with Crippen molar-refractivity contribution in [1.29, 1.82) is 0 Å². The van der Waals surface area contributed by atoms with E-state index in [0.717, 1.165) is 0 Å². The van der Waals surface area contributed by atoms with Gasteiger partial charge in [-0.05, 0) is 19.1 Å². The quantitative estimate of drug-likeness (QED) is 0.777.